The molecule has 5 heteroatoms. The van der Waals surface area contributed by atoms with Crippen molar-refractivity contribution < 1.29 is 23.0 Å². The van der Waals surface area contributed by atoms with Crippen molar-refractivity contribution in [1.29, 1.82) is 0 Å². The third-order valence-corrected chi connectivity index (χ3v) is 4.47. The number of hydrogen-bond acceptors (Lipinski definition) is 3. The molecule has 1 atom stereocenters. The van der Waals surface area contributed by atoms with Gasteiger partial charge >= 0.3 is 6.61 Å². The summed E-state index contributed by atoms with van der Waals surface area (Å²) >= 11 is 0. The Hall–Kier alpha value is -3.47. The van der Waals surface area contributed by atoms with Crippen LogP contribution in [0.4, 0.5) is 8.78 Å². The van der Waals surface area contributed by atoms with Crippen LogP contribution >= 0.6 is 0 Å². The van der Waals surface area contributed by atoms with Gasteiger partial charge < -0.3 is 9.47 Å². The summed E-state index contributed by atoms with van der Waals surface area (Å²) in [5.74, 6) is 0.293. The molecular formula is C23H16F2O3. The largest absolute Gasteiger partial charge is 0.480 e. The second-order valence-corrected chi connectivity index (χ2v) is 6.25. The highest BCUT2D eigenvalue weighted by molar-refractivity contribution is 6.14. The van der Waals surface area contributed by atoms with E-state index in [0.717, 1.165) is 5.56 Å². The third-order valence-electron chi connectivity index (χ3n) is 4.47. The number of ether oxygens (including phenoxy) is 2. The van der Waals surface area contributed by atoms with Crippen LogP contribution in [0.5, 0.6) is 11.5 Å². The highest BCUT2D eigenvalue weighted by Gasteiger charge is 2.33. The zero-order valence-corrected chi connectivity index (χ0v) is 14.7. The Morgan fingerprint density at radius 3 is 2.36 bits per heavy atom. The van der Waals surface area contributed by atoms with Gasteiger partial charge in [-0.05, 0) is 29.8 Å². The average molecular weight is 378 g/mol. The lowest BCUT2D eigenvalue weighted by atomic mass is 9.89. The van der Waals surface area contributed by atoms with Gasteiger partial charge in [0, 0.05) is 11.1 Å². The van der Waals surface area contributed by atoms with Gasteiger partial charge in [0.25, 0.3) is 0 Å². The summed E-state index contributed by atoms with van der Waals surface area (Å²) in [6.45, 7) is -2.96. The van der Waals surface area contributed by atoms with Crippen LogP contribution in [-0.2, 0) is 0 Å². The lowest BCUT2D eigenvalue weighted by molar-refractivity contribution is -0.0499. The van der Waals surface area contributed by atoms with E-state index < -0.39 is 12.7 Å². The van der Waals surface area contributed by atoms with E-state index in [4.69, 9.17) is 4.74 Å². The Labute approximate surface area is 160 Å². The van der Waals surface area contributed by atoms with Crippen LogP contribution in [-0.4, -0.2) is 12.4 Å². The Balaban J connectivity index is 1.85. The molecular weight excluding hydrogens is 362 g/mol. The SMILES string of the molecule is O=C1C(=Cc2ccccc2OC(F)F)[C@@H](c2ccccc2)Oc2ccccc21. The van der Waals surface area contributed by atoms with Gasteiger partial charge in [-0.1, -0.05) is 60.7 Å². The molecule has 3 aromatic carbocycles. The molecule has 0 fully saturated rings. The van der Waals surface area contributed by atoms with E-state index in [0.29, 0.717) is 22.4 Å². The van der Waals surface area contributed by atoms with E-state index in [1.165, 1.54) is 6.07 Å². The molecule has 28 heavy (non-hydrogen) atoms. The minimum Gasteiger partial charge on any atom is -0.480 e. The second-order valence-electron chi connectivity index (χ2n) is 6.25. The average Bonchev–Trinajstić information content (AvgIpc) is 2.71. The van der Waals surface area contributed by atoms with E-state index in [9.17, 15) is 13.6 Å². The highest BCUT2D eigenvalue weighted by atomic mass is 19.3. The summed E-state index contributed by atoms with van der Waals surface area (Å²) in [5.41, 5.74) is 1.97. The van der Waals surface area contributed by atoms with Gasteiger partial charge in [0.15, 0.2) is 11.9 Å². The number of fused-ring (bicyclic) bond motifs is 1. The van der Waals surface area contributed by atoms with Crippen molar-refractivity contribution in [1.82, 2.24) is 0 Å². The van der Waals surface area contributed by atoms with Gasteiger partial charge in [0.1, 0.15) is 11.5 Å². The smallest absolute Gasteiger partial charge is 0.387 e. The van der Waals surface area contributed by atoms with Crippen molar-refractivity contribution in [3.05, 3.63) is 101 Å². The van der Waals surface area contributed by atoms with Crippen LogP contribution < -0.4 is 9.47 Å². The molecule has 1 aliphatic heterocycles. The lowest BCUT2D eigenvalue weighted by Crippen LogP contribution is -2.23. The fraction of sp³-hybridized carbons (Fsp3) is 0.0870. The number of carbonyl (C=O) groups excluding carboxylic acids is 1. The van der Waals surface area contributed by atoms with Crippen LogP contribution in [0, 0.1) is 0 Å². The molecule has 0 N–H and O–H groups in total. The highest BCUT2D eigenvalue weighted by Crippen LogP contribution is 2.39. The van der Waals surface area contributed by atoms with Crippen LogP contribution in [0.1, 0.15) is 27.6 Å². The Morgan fingerprint density at radius 2 is 1.57 bits per heavy atom. The fourth-order valence-electron chi connectivity index (χ4n) is 3.21. The molecule has 1 heterocycles. The summed E-state index contributed by atoms with van der Waals surface area (Å²) in [4.78, 5) is 13.2. The van der Waals surface area contributed by atoms with Crippen molar-refractivity contribution in [2.24, 2.45) is 0 Å². The molecule has 140 valence electrons. The molecule has 0 amide bonds. The number of halogens is 2. The van der Waals surface area contributed by atoms with Crippen molar-refractivity contribution in [2.45, 2.75) is 12.7 Å². The Morgan fingerprint density at radius 1 is 0.893 bits per heavy atom. The van der Waals surface area contributed by atoms with Gasteiger partial charge in [-0.2, -0.15) is 8.78 Å². The third kappa shape index (κ3) is 3.51. The number of hydrogen-bond donors (Lipinski definition) is 0. The van der Waals surface area contributed by atoms with Crippen LogP contribution in [0.15, 0.2) is 84.4 Å². The normalized spacial score (nSPS) is 17.3. The maximum Gasteiger partial charge on any atom is 0.387 e. The Bertz CT molecular complexity index is 1030. The van der Waals surface area contributed by atoms with Gasteiger partial charge in [-0.15, -0.1) is 0 Å². The van der Waals surface area contributed by atoms with Crippen molar-refractivity contribution in [3.8, 4) is 11.5 Å². The number of alkyl halides is 2. The molecule has 0 bridgehead atoms. The maximum absolute atomic E-state index is 13.2. The summed E-state index contributed by atoms with van der Waals surface area (Å²) in [5, 5.41) is 0. The fourth-order valence-corrected chi connectivity index (χ4v) is 3.21. The maximum atomic E-state index is 13.2. The molecule has 0 radical (unpaired) electrons. The van der Waals surface area contributed by atoms with E-state index in [2.05, 4.69) is 4.74 Å². The molecule has 0 unspecified atom stereocenters. The Kier molecular flexibility index (Phi) is 4.89. The monoisotopic (exact) mass is 378 g/mol. The molecule has 0 saturated heterocycles. The van der Waals surface area contributed by atoms with Crippen LogP contribution in [0.2, 0.25) is 0 Å². The summed E-state index contributed by atoms with van der Waals surface area (Å²) < 4.78 is 36.2. The quantitative estimate of drug-likeness (QED) is 0.547. The molecule has 0 aliphatic carbocycles. The van der Waals surface area contributed by atoms with Gasteiger partial charge in [0.05, 0.1) is 5.56 Å². The number of carbonyl (C=O) groups is 1. The first-order valence-electron chi connectivity index (χ1n) is 8.74. The number of Topliss-reactive ketones (excluding diaryl/α,β-unsaturated/α-hetero) is 1. The topological polar surface area (TPSA) is 35.5 Å². The molecule has 0 spiro atoms. The number of para-hydroxylation sites is 2. The van der Waals surface area contributed by atoms with Gasteiger partial charge in [0.2, 0.25) is 0 Å². The summed E-state index contributed by atoms with van der Waals surface area (Å²) in [6, 6.07) is 22.7. The second kappa shape index (κ2) is 7.64. The zero-order valence-electron chi connectivity index (χ0n) is 14.7. The first kappa shape index (κ1) is 17.9. The summed E-state index contributed by atoms with van der Waals surface area (Å²) in [6.07, 6.45) is 0.913. The van der Waals surface area contributed by atoms with Crippen molar-refractivity contribution >= 4 is 11.9 Å². The molecule has 0 saturated carbocycles. The number of ketones is 1. The summed E-state index contributed by atoms with van der Waals surface area (Å²) in [7, 11) is 0. The van der Waals surface area contributed by atoms with Crippen LogP contribution in [0.25, 0.3) is 6.08 Å². The predicted molar refractivity (Wildman–Crippen MR) is 102 cm³/mol. The zero-order chi connectivity index (χ0) is 19.5. The molecule has 1 aliphatic rings. The molecule has 0 aromatic heterocycles. The molecule has 3 aromatic rings. The van der Waals surface area contributed by atoms with E-state index in [1.54, 1.807) is 48.5 Å². The number of benzene rings is 3. The van der Waals surface area contributed by atoms with E-state index >= 15 is 0 Å². The van der Waals surface area contributed by atoms with Crippen molar-refractivity contribution in [3.63, 3.8) is 0 Å². The first-order chi connectivity index (χ1) is 13.6. The number of rotatable bonds is 4. The standard InChI is InChI=1S/C23H16F2O3/c24-23(25)28-19-12-6-4-10-16(19)14-18-21(26)17-11-5-7-13-20(17)27-22(18)15-8-2-1-3-9-15/h1-14,22-23H/t22-/m1/s1. The molecule has 3 nitrogen and oxygen atoms in total. The molecule has 4 rings (SSSR count). The van der Waals surface area contributed by atoms with Crippen LogP contribution in [0.3, 0.4) is 0 Å². The lowest BCUT2D eigenvalue weighted by Gasteiger charge is -2.28. The van der Waals surface area contributed by atoms with Gasteiger partial charge in [-0.25, -0.2) is 0 Å². The first-order valence-corrected chi connectivity index (χ1v) is 8.74. The van der Waals surface area contributed by atoms with E-state index in [-0.39, 0.29) is 11.5 Å². The minimum atomic E-state index is -2.96. The van der Waals surface area contributed by atoms with E-state index in [1.807, 2.05) is 30.3 Å². The minimum absolute atomic E-state index is 0.00321. The van der Waals surface area contributed by atoms with Crippen molar-refractivity contribution in [2.75, 3.05) is 0 Å². The van der Waals surface area contributed by atoms with Gasteiger partial charge in [-0.3, -0.25) is 4.79 Å². The predicted octanol–water partition coefficient (Wildman–Crippen LogP) is 5.69.